The molecule has 2 aromatic heterocycles. The number of nitrogens with one attached hydrogen (secondary N) is 2. The number of pyridine rings is 1. The quantitative estimate of drug-likeness (QED) is 0.500. The van der Waals surface area contributed by atoms with Gasteiger partial charge in [0.05, 0.1) is 16.8 Å². The van der Waals surface area contributed by atoms with Crippen molar-refractivity contribution in [3.63, 3.8) is 0 Å². The molecule has 0 aliphatic heterocycles. The third-order valence-electron chi connectivity index (χ3n) is 5.95. The van der Waals surface area contributed by atoms with Gasteiger partial charge in [-0.15, -0.1) is 0 Å². The molecule has 1 aliphatic rings. The number of halogens is 4. The number of hydrogen-bond donors (Lipinski definition) is 2. The highest BCUT2D eigenvalue weighted by Gasteiger charge is 2.34. The van der Waals surface area contributed by atoms with Crippen LogP contribution in [0, 0.1) is 6.92 Å². The second kappa shape index (κ2) is 9.21. The van der Waals surface area contributed by atoms with E-state index in [0.717, 1.165) is 25.3 Å². The van der Waals surface area contributed by atoms with Crippen LogP contribution in [0.3, 0.4) is 0 Å². The number of benzene rings is 1. The van der Waals surface area contributed by atoms with Gasteiger partial charge in [-0.1, -0.05) is 11.6 Å². The molecule has 2 N–H and O–H groups in total. The van der Waals surface area contributed by atoms with Gasteiger partial charge in [-0.3, -0.25) is 9.48 Å². The first kappa shape index (κ1) is 23.4. The number of rotatable bonds is 5. The van der Waals surface area contributed by atoms with E-state index >= 15 is 0 Å². The fourth-order valence-electron chi connectivity index (χ4n) is 4.30. The first-order valence-electron chi connectivity index (χ1n) is 10.9. The molecule has 4 rings (SSSR count). The van der Waals surface area contributed by atoms with Gasteiger partial charge in [0.15, 0.2) is 0 Å². The number of carbonyl (C=O) groups excluding carboxylic acids is 1. The molecule has 6 nitrogen and oxygen atoms in total. The minimum atomic E-state index is -4.56. The molecule has 1 saturated carbocycles. The monoisotopic (exact) mass is 479 g/mol. The lowest BCUT2D eigenvalue weighted by atomic mass is 9.90. The van der Waals surface area contributed by atoms with Gasteiger partial charge < -0.3 is 10.6 Å². The smallest absolute Gasteiger partial charge is 0.382 e. The van der Waals surface area contributed by atoms with E-state index in [9.17, 15) is 18.0 Å². The SMILES string of the molecule is CCn1cc(C(=O)N[C@@H]2CCC[C@H](Nc3cc(C(F)(F)F)nc4ccc(Cl)cc34)C2)c(C)n1. The van der Waals surface area contributed by atoms with Crippen LogP contribution in [0.4, 0.5) is 18.9 Å². The Hall–Kier alpha value is -2.81. The van der Waals surface area contributed by atoms with Gasteiger partial charge in [-0.05, 0) is 63.8 Å². The van der Waals surface area contributed by atoms with E-state index < -0.39 is 11.9 Å². The van der Waals surface area contributed by atoms with Gasteiger partial charge in [0, 0.05) is 40.9 Å². The van der Waals surface area contributed by atoms with Gasteiger partial charge in [0.2, 0.25) is 0 Å². The zero-order valence-electron chi connectivity index (χ0n) is 18.3. The maximum absolute atomic E-state index is 13.4. The number of hydrogen-bond acceptors (Lipinski definition) is 4. The van der Waals surface area contributed by atoms with E-state index in [1.807, 2.05) is 6.92 Å². The Kier molecular flexibility index (Phi) is 6.52. The Morgan fingerprint density at radius 3 is 2.70 bits per heavy atom. The molecule has 3 aromatic rings. The summed E-state index contributed by atoms with van der Waals surface area (Å²) in [6.07, 6.45) is 0.194. The summed E-state index contributed by atoms with van der Waals surface area (Å²) in [5, 5.41) is 11.6. The summed E-state index contributed by atoms with van der Waals surface area (Å²) in [6.45, 7) is 4.42. The lowest BCUT2D eigenvalue weighted by Crippen LogP contribution is -2.42. The average Bonchev–Trinajstić information content (AvgIpc) is 3.14. The van der Waals surface area contributed by atoms with Crippen molar-refractivity contribution in [2.75, 3.05) is 5.32 Å². The normalized spacial score (nSPS) is 19.0. The van der Waals surface area contributed by atoms with Crippen molar-refractivity contribution in [1.82, 2.24) is 20.1 Å². The van der Waals surface area contributed by atoms with Crippen molar-refractivity contribution < 1.29 is 18.0 Å². The number of aryl methyl sites for hydroxylation is 2. The van der Waals surface area contributed by atoms with Gasteiger partial charge in [-0.25, -0.2) is 4.98 Å². The Morgan fingerprint density at radius 2 is 2.00 bits per heavy atom. The van der Waals surface area contributed by atoms with Crippen LogP contribution in [0.25, 0.3) is 10.9 Å². The summed E-state index contributed by atoms with van der Waals surface area (Å²) < 4.78 is 41.9. The molecular formula is C23H25ClF3N5O. The molecule has 176 valence electrons. The Bertz CT molecular complexity index is 1180. The molecule has 2 heterocycles. The average molecular weight is 480 g/mol. The highest BCUT2D eigenvalue weighted by Crippen LogP contribution is 2.35. The largest absolute Gasteiger partial charge is 0.433 e. The van der Waals surface area contributed by atoms with Crippen LogP contribution in [0.1, 0.15) is 54.4 Å². The molecule has 1 fully saturated rings. The van der Waals surface area contributed by atoms with E-state index in [4.69, 9.17) is 11.6 Å². The van der Waals surface area contributed by atoms with Crippen LogP contribution in [0.5, 0.6) is 0 Å². The fraction of sp³-hybridized carbons (Fsp3) is 0.435. The van der Waals surface area contributed by atoms with Crippen molar-refractivity contribution in [1.29, 1.82) is 0 Å². The molecule has 1 aliphatic carbocycles. The highest BCUT2D eigenvalue weighted by molar-refractivity contribution is 6.31. The summed E-state index contributed by atoms with van der Waals surface area (Å²) >= 11 is 6.09. The first-order chi connectivity index (χ1) is 15.6. The van der Waals surface area contributed by atoms with Gasteiger partial charge >= 0.3 is 6.18 Å². The third kappa shape index (κ3) is 5.24. The van der Waals surface area contributed by atoms with Crippen LogP contribution in [-0.4, -0.2) is 32.8 Å². The third-order valence-corrected chi connectivity index (χ3v) is 6.18. The zero-order valence-corrected chi connectivity index (χ0v) is 19.1. The number of aromatic nitrogens is 3. The summed E-state index contributed by atoms with van der Waals surface area (Å²) in [7, 11) is 0. The molecular weight excluding hydrogens is 455 g/mol. The molecule has 0 bridgehead atoms. The standard InChI is InChI=1S/C23H25ClF3N5O/c1-3-32-12-18(13(2)31-32)22(33)29-16-6-4-5-15(10-16)28-20-11-21(23(25,26)27)30-19-8-7-14(24)9-17(19)20/h7-9,11-12,15-16H,3-6,10H2,1-2H3,(H,28,30)(H,29,33)/t15-,16+/m0/s1. The van der Waals surface area contributed by atoms with Crippen molar-refractivity contribution >= 4 is 34.1 Å². The van der Waals surface area contributed by atoms with E-state index in [-0.39, 0.29) is 23.5 Å². The number of fused-ring (bicyclic) bond motifs is 1. The lowest BCUT2D eigenvalue weighted by Gasteiger charge is -2.31. The molecule has 0 spiro atoms. The Morgan fingerprint density at radius 1 is 1.24 bits per heavy atom. The number of alkyl halides is 3. The molecule has 1 amide bonds. The number of anilines is 1. The summed E-state index contributed by atoms with van der Waals surface area (Å²) in [6, 6.07) is 5.46. The summed E-state index contributed by atoms with van der Waals surface area (Å²) in [4.78, 5) is 16.5. The van der Waals surface area contributed by atoms with Crippen LogP contribution >= 0.6 is 11.6 Å². The van der Waals surface area contributed by atoms with Gasteiger partial charge in [-0.2, -0.15) is 18.3 Å². The molecule has 0 unspecified atom stereocenters. The Balaban J connectivity index is 1.53. The Labute approximate surface area is 194 Å². The van der Waals surface area contributed by atoms with Crippen molar-refractivity contribution in [3.8, 4) is 0 Å². The summed E-state index contributed by atoms with van der Waals surface area (Å²) in [5.41, 5.74) is 0.813. The van der Waals surface area contributed by atoms with E-state index in [0.29, 0.717) is 40.3 Å². The molecule has 1 aromatic carbocycles. The molecule has 2 atom stereocenters. The van der Waals surface area contributed by atoms with Crippen LogP contribution in [0.2, 0.25) is 5.02 Å². The minimum Gasteiger partial charge on any atom is -0.382 e. The molecule has 10 heteroatoms. The van der Waals surface area contributed by atoms with Crippen LogP contribution in [0.15, 0.2) is 30.5 Å². The van der Waals surface area contributed by atoms with E-state index in [1.54, 1.807) is 23.9 Å². The zero-order chi connectivity index (χ0) is 23.8. The number of nitrogens with zero attached hydrogens (tertiary/aromatic N) is 3. The first-order valence-corrected chi connectivity index (χ1v) is 11.3. The lowest BCUT2D eigenvalue weighted by molar-refractivity contribution is -0.140. The predicted octanol–water partition coefficient (Wildman–Crippen LogP) is 5.58. The second-order valence-electron chi connectivity index (χ2n) is 8.38. The van der Waals surface area contributed by atoms with Crippen LogP contribution < -0.4 is 10.6 Å². The van der Waals surface area contributed by atoms with Crippen molar-refractivity contribution in [3.05, 3.63) is 52.4 Å². The predicted molar refractivity (Wildman–Crippen MR) is 122 cm³/mol. The van der Waals surface area contributed by atoms with Gasteiger partial charge in [0.25, 0.3) is 5.91 Å². The minimum absolute atomic E-state index is 0.0908. The maximum Gasteiger partial charge on any atom is 0.433 e. The number of carbonyl (C=O) groups is 1. The van der Waals surface area contributed by atoms with Crippen molar-refractivity contribution in [2.45, 2.75) is 64.3 Å². The topological polar surface area (TPSA) is 71.8 Å². The van der Waals surface area contributed by atoms with E-state index in [2.05, 4.69) is 20.7 Å². The molecule has 33 heavy (non-hydrogen) atoms. The van der Waals surface area contributed by atoms with Crippen LogP contribution in [-0.2, 0) is 12.7 Å². The summed E-state index contributed by atoms with van der Waals surface area (Å²) in [5.74, 6) is -0.182. The highest BCUT2D eigenvalue weighted by atomic mass is 35.5. The number of amides is 1. The van der Waals surface area contributed by atoms with E-state index in [1.165, 1.54) is 12.1 Å². The second-order valence-corrected chi connectivity index (χ2v) is 8.81. The molecule has 0 radical (unpaired) electrons. The molecule has 0 saturated heterocycles. The van der Waals surface area contributed by atoms with Gasteiger partial charge in [0.1, 0.15) is 5.69 Å². The maximum atomic E-state index is 13.4. The van der Waals surface area contributed by atoms with Crippen molar-refractivity contribution in [2.24, 2.45) is 0 Å². The fourth-order valence-corrected chi connectivity index (χ4v) is 4.47.